The van der Waals surface area contributed by atoms with Crippen LogP contribution in [0.15, 0.2) is 60.8 Å². The van der Waals surface area contributed by atoms with E-state index < -0.39 is 0 Å². The molecule has 3 heterocycles. The predicted octanol–water partition coefficient (Wildman–Crippen LogP) is 3.67. The highest BCUT2D eigenvalue weighted by Crippen LogP contribution is 2.29. The molecular formula is C26H30N4O2. The van der Waals surface area contributed by atoms with Crippen LogP contribution in [0.5, 0.6) is 5.75 Å². The zero-order chi connectivity index (χ0) is 21.9. The van der Waals surface area contributed by atoms with Crippen molar-refractivity contribution in [3.63, 3.8) is 0 Å². The third kappa shape index (κ3) is 4.02. The fourth-order valence-electron chi connectivity index (χ4n) is 5.10. The molecule has 5 rings (SSSR count). The number of likely N-dealkylation sites (tertiary alicyclic amines) is 1. The predicted molar refractivity (Wildman–Crippen MR) is 127 cm³/mol. The molecule has 32 heavy (non-hydrogen) atoms. The molecule has 1 aromatic heterocycles. The second-order valence-electron chi connectivity index (χ2n) is 8.62. The number of para-hydroxylation sites is 2. The number of aromatic nitrogens is 1. The van der Waals surface area contributed by atoms with Crippen molar-refractivity contribution >= 4 is 22.4 Å². The van der Waals surface area contributed by atoms with Gasteiger partial charge in [-0.25, -0.2) is 0 Å². The quantitative estimate of drug-likeness (QED) is 0.632. The maximum Gasteiger partial charge on any atom is 0.273 e. The fourth-order valence-corrected chi connectivity index (χ4v) is 5.10. The Morgan fingerprint density at radius 3 is 2.59 bits per heavy atom. The van der Waals surface area contributed by atoms with Crippen LogP contribution in [0.3, 0.4) is 0 Å². The second kappa shape index (κ2) is 9.17. The highest BCUT2D eigenvalue weighted by molar-refractivity contribution is 6.05. The molecule has 1 atom stereocenters. The van der Waals surface area contributed by atoms with Crippen molar-refractivity contribution in [2.24, 2.45) is 0 Å². The Hall–Kier alpha value is -3.12. The molecule has 0 saturated carbocycles. The molecular weight excluding hydrogens is 400 g/mol. The Bertz CT molecular complexity index is 1090. The summed E-state index contributed by atoms with van der Waals surface area (Å²) < 4.78 is 5.55. The van der Waals surface area contributed by atoms with Crippen molar-refractivity contribution in [3.05, 3.63) is 66.5 Å². The molecule has 0 radical (unpaired) electrons. The first kappa shape index (κ1) is 20.8. The van der Waals surface area contributed by atoms with Gasteiger partial charge < -0.3 is 14.5 Å². The first-order valence-electron chi connectivity index (χ1n) is 11.5. The Kier molecular flexibility index (Phi) is 5.95. The van der Waals surface area contributed by atoms with Gasteiger partial charge in [-0.2, -0.15) is 0 Å². The summed E-state index contributed by atoms with van der Waals surface area (Å²) in [6.45, 7) is 5.51. The largest absolute Gasteiger partial charge is 0.495 e. The van der Waals surface area contributed by atoms with E-state index in [9.17, 15) is 4.79 Å². The molecule has 2 aliphatic rings. The van der Waals surface area contributed by atoms with E-state index in [0.717, 1.165) is 74.3 Å². The lowest BCUT2D eigenvalue weighted by Gasteiger charge is -2.44. The number of piperidine rings is 1. The van der Waals surface area contributed by atoms with Gasteiger partial charge in [-0.3, -0.25) is 14.7 Å². The van der Waals surface area contributed by atoms with Crippen LogP contribution in [-0.2, 0) is 0 Å². The lowest BCUT2D eigenvalue weighted by Crippen LogP contribution is -2.56. The molecule has 0 spiro atoms. The number of fused-ring (bicyclic) bond motifs is 1. The summed E-state index contributed by atoms with van der Waals surface area (Å²) in [4.78, 5) is 24.8. The maximum absolute atomic E-state index is 13.4. The van der Waals surface area contributed by atoms with Gasteiger partial charge in [-0.1, -0.05) is 36.4 Å². The van der Waals surface area contributed by atoms with Gasteiger partial charge in [-0.15, -0.1) is 0 Å². The molecule has 2 saturated heterocycles. The number of methoxy groups -OCH3 is 1. The topological polar surface area (TPSA) is 48.9 Å². The first-order chi connectivity index (χ1) is 15.7. The van der Waals surface area contributed by atoms with E-state index in [1.807, 2.05) is 47.4 Å². The number of hydrogen-bond acceptors (Lipinski definition) is 5. The van der Waals surface area contributed by atoms with Gasteiger partial charge in [0.1, 0.15) is 11.4 Å². The van der Waals surface area contributed by atoms with Crippen LogP contribution >= 0.6 is 0 Å². The Morgan fingerprint density at radius 2 is 1.75 bits per heavy atom. The van der Waals surface area contributed by atoms with E-state index in [-0.39, 0.29) is 5.91 Å². The number of pyridine rings is 1. The molecule has 1 amide bonds. The zero-order valence-electron chi connectivity index (χ0n) is 18.6. The van der Waals surface area contributed by atoms with Gasteiger partial charge in [0.25, 0.3) is 5.91 Å². The van der Waals surface area contributed by atoms with E-state index in [1.54, 1.807) is 13.3 Å². The standard InChI is InChI=1S/C26H30N4O2/c1-32-24-11-5-4-10-23(24)29-17-15-28(16-18-29)21-8-6-14-30(19-21)26(31)25-22-9-3-2-7-20(22)12-13-27-25/h2-5,7,9-13,21H,6,8,14-19H2,1H3/t21-/m1/s1. The van der Waals surface area contributed by atoms with Crippen LogP contribution in [0, 0.1) is 0 Å². The molecule has 166 valence electrons. The Balaban J connectivity index is 1.25. The van der Waals surface area contributed by atoms with Crippen LogP contribution in [0.1, 0.15) is 23.3 Å². The summed E-state index contributed by atoms with van der Waals surface area (Å²) >= 11 is 0. The van der Waals surface area contributed by atoms with Crippen molar-refractivity contribution in [2.45, 2.75) is 18.9 Å². The van der Waals surface area contributed by atoms with Crippen LogP contribution in [0.2, 0.25) is 0 Å². The van der Waals surface area contributed by atoms with Gasteiger partial charge in [0.05, 0.1) is 12.8 Å². The number of piperazine rings is 1. The van der Waals surface area contributed by atoms with Crippen molar-refractivity contribution in [2.75, 3.05) is 51.3 Å². The maximum atomic E-state index is 13.4. The second-order valence-corrected chi connectivity index (χ2v) is 8.62. The zero-order valence-corrected chi connectivity index (χ0v) is 18.6. The minimum Gasteiger partial charge on any atom is -0.495 e. The number of nitrogens with zero attached hydrogens (tertiary/aromatic N) is 4. The Morgan fingerprint density at radius 1 is 0.969 bits per heavy atom. The van der Waals surface area contributed by atoms with Crippen LogP contribution in [-0.4, -0.2) is 73.1 Å². The highest BCUT2D eigenvalue weighted by atomic mass is 16.5. The third-order valence-electron chi connectivity index (χ3n) is 6.82. The van der Waals surface area contributed by atoms with Gasteiger partial charge in [0.15, 0.2) is 0 Å². The van der Waals surface area contributed by atoms with E-state index in [1.165, 1.54) is 0 Å². The van der Waals surface area contributed by atoms with Crippen LogP contribution in [0.25, 0.3) is 10.8 Å². The third-order valence-corrected chi connectivity index (χ3v) is 6.82. The Labute approximate surface area is 189 Å². The number of hydrogen-bond donors (Lipinski definition) is 0. The first-order valence-corrected chi connectivity index (χ1v) is 11.5. The molecule has 3 aromatic rings. The molecule has 2 aromatic carbocycles. The van der Waals surface area contributed by atoms with Gasteiger partial charge in [-0.05, 0) is 36.4 Å². The molecule has 0 bridgehead atoms. The summed E-state index contributed by atoms with van der Waals surface area (Å²) in [5.74, 6) is 0.983. The molecule has 6 heteroatoms. The smallest absolute Gasteiger partial charge is 0.273 e. The summed E-state index contributed by atoms with van der Waals surface area (Å²) in [7, 11) is 1.73. The number of ether oxygens (including phenoxy) is 1. The van der Waals surface area contributed by atoms with E-state index in [4.69, 9.17) is 4.74 Å². The minimum atomic E-state index is 0.0548. The molecule has 0 N–H and O–H groups in total. The molecule has 6 nitrogen and oxygen atoms in total. The van der Waals surface area contributed by atoms with Crippen molar-refractivity contribution in [1.29, 1.82) is 0 Å². The number of rotatable bonds is 4. The van der Waals surface area contributed by atoms with Crippen molar-refractivity contribution in [1.82, 2.24) is 14.8 Å². The number of carbonyl (C=O) groups excluding carboxylic acids is 1. The highest BCUT2D eigenvalue weighted by Gasteiger charge is 2.31. The summed E-state index contributed by atoms with van der Waals surface area (Å²) in [6.07, 6.45) is 3.92. The molecule has 0 aliphatic carbocycles. The van der Waals surface area contributed by atoms with E-state index in [0.29, 0.717) is 11.7 Å². The number of amides is 1. The van der Waals surface area contributed by atoms with Gasteiger partial charge >= 0.3 is 0 Å². The number of benzene rings is 2. The SMILES string of the molecule is COc1ccccc1N1CCN([C@@H]2CCCN(C(=O)c3nccc4ccccc34)C2)CC1. The lowest BCUT2D eigenvalue weighted by atomic mass is 10.0. The minimum absolute atomic E-state index is 0.0548. The average molecular weight is 431 g/mol. The summed E-state index contributed by atoms with van der Waals surface area (Å²) in [5, 5.41) is 2.00. The monoisotopic (exact) mass is 430 g/mol. The van der Waals surface area contributed by atoms with E-state index in [2.05, 4.69) is 26.9 Å². The van der Waals surface area contributed by atoms with Crippen LogP contribution in [0.4, 0.5) is 5.69 Å². The lowest BCUT2D eigenvalue weighted by molar-refractivity contribution is 0.0560. The summed E-state index contributed by atoms with van der Waals surface area (Å²) in [6, 6.07) is 18.6. The van der Waals surface area contributed by atoms with Gasteiger partial charge in [0.2, 0.25) is 0 Å². The summed E-state index contributed by atoms with van der Waals surface area (Å²) in [5.41, 5.74) is 1.74. The number of carbonyl (C=O) groups is 1. The molecule has 0 unspecified atom stereocenters. The normalized spacial score (nSPS) is 19.8. The van der Waals surface area contributed by atoms with E-state index >= 15 is 0 Å². The van der Waals surface area contributed by atoms with Crippen molar-refractivity contribution in [3.8, 4) is 5.75 Å². The van der Waals surface area contributed by atoms with Gasteiger partial charge in [0, 0.05) is 56.9 Å². The van der Waals surface area contributed by atoms with Crippen molar-refractivity contribution < 1.29 is 9.53 Å². The average Bonchev–Trinajstić information content (AvgIpc) is 2.88. The van der Waals surface area contributed by atoms with Crippen LogP contribution < -0.4 is 9.64 Å². The fraction of sp³-hybridized carbons (Fsp3) is 0.385. The molecule has 2 fully saturated rings. The number of anilines is 1. The molecule has 2 aliphatic heterocycles.